The van der Waals surface area contributed by atoms with Crippen molar-refractivity contribution in [1.29, 1.82) is 0 Å². The highest BCUT2D eigenvalue weighted by molar-refractivity contribution is 4.90. The minimum atomic E-state index is 0.592. The second-order valence-electron chi connectivity index (χ2n) is 7.01. The third kappa shape index (κ3) is 4.46. The van der Waals surface area contributed by atoms with Gasteiger partial charge in [-0.2, -0.15) is 0 Å². The summed E-state index contributed by atoms with van der Waals surface area (Å²) in [6.45, 7) is 11.0. The average molecular weight is 266 g/mol. The molecule has 0 radical (unpaired) electrons. The first-order valence-corrected chi connectivity index (χ1v) is 8.71. The van der Waals surface area contributed by atoms with Gasteiger partial charge >= 0.3 is 0 Å². The zero-order valence-corrected chi connectivity index (χ0v) is 13.2. The van der Waals surface area contributed by atoms with Gasteiger partial charge < -0.3 is 10.2 Å². The first-order chi connectivity index (χ1) is 9.28. The van der Waals surface area contributed by atoms with E-state index in [4.69, 9.17) is 0 Å². The van der Waals surface area contributed by atoms with Crippen LogP contribution in [0.1, 0.15) is 65.2 Å². The van der Waals surface area contributed by atoms with Crippen molar-refractivity contribution in [3.05, 3.63) is 0 Å². The predicted molar refractivity (Wildman–Crippen MR) is 83.5 cm³/mol. The fraction of sp³-hybridized carbons (Fsp3) is 1.00. The summed E-state index contributed by atoms with van der Waals surface area (Å²) < 4.78 is 0. The smallest absolute Gasteiger partial charge is 0.00501 e. The van der Waals surface area contributed by atoms with Crippen molar-refractivity contribution >= 4 is 0 Å². The molecule has 0 aliphatic heterocycles. The Kier molecular flexibility index (Phi) is 6.15. The van der Waals surface area contributed by atoms with E-state index in [9.17, 15) is 0 Å². The molecule has 0 saturated heterocycles. The Morgan fingerprint density at radius 2 is 1.84 bits per heavy atom. The lowest BCUT2D eigenvalue weighted by molar-refractivity contribution is 0.116. The van der Waals surface area contributed by atoms with Gasteiger partial charge in [0.25, 0.3) is 0 Å². The van der Waals surface area contributed by atoms with E-state index in [1.165, 1.54) is 84.1 Å². The van der Waals surface area contributed by atoms with E-state index in [1.807, 2.05) is 0 Å². The zero-order valence-electron chi connectivity index (χ0n) is 13.2. The Labute approximate surface area is 120 Å². The summed E-state index contributed by atoms with van der Waals surface area (Å²) in [6, 6.07) is 0. The van der Waals surface area contributed by atoms with Gasteiger partial charge in [-0.15, -0.1) is 0 Å². The van der Waals surface area contributed by atoms with E-state index in [0.29, 0.717) is 5.41 Å². The van der Waals surface area contributed by atoms with Crippen LogP contribution in [0, 0.1) is 11.3 Å². The maximum absolute atomic E-state index is 3.70. The Morgan fingerprint density at radius 3 is 2.37 bits per heavy atom. The number of hydrogen-bond acceptors (Lipinski definition) is 2. The molecule has 2 aliphatic rings. The van der Waals surface area contributed by atoms with Crippen LogP contribution in [-0.2, 0) is 0 Å². The summed E-state index contributed by atoms with van der Waals surface area (Å²) in [7, 11) is 0. The lowest BCUT2D eigenvalue weighted by atomic mass is 9.82. The summed E-state index contributed by atoms with van der Waals surface area (Å²) in [5.74, 6) is 1.02. The van der Waals surface area contributed by atoms with Gasteiger partial charge in [-0.25, -0.2) is 0 Å². The van der Waals surface area contributed by atoms with Crippen molar-refractivity contribution in [3.63, 3.8) is 0 Å². The van der Waals surface area contributed by atoms with Gasteiger partial charge in [0.15, 0.2) is 0 Å². The molecule has 0 bridgehead atoms. The van der Waals surface area contributed by atoms with Gasteiger partial charge in [0, 0.05) is 19.6 Å². The number of nitrogens with zero attached hydrogens (tertiary/aromatic N) is 1. The number of hydrogen-bond donors (Lipinski definition) is 1. The van der Waals surface area contributed by atoms with Crippen LogP contribution in [0.4, 0.5) is 0 Å². The zero-order chi connectivity index (χ0) is 13.6. The van der Waals surface area contributed by atoms with Crippen LogP contribution < -0.4 is 5.32 Å². The van der Waals surface area contributed by atoms with E-state index < -0.39 is 0 Å². The van der Waals surface area contributed by atoms with Crippen LogP contribution in [0.3, 0.4) is 0 Å². The summed E-state index contributed by atoms with van der Waals surface area (Å²) in [6.07, 6.45) is 11.5. The van der Waals surface area contributed by atoms with E-state index in [-0.39, 0.29) is 0 Å². The highest BCUT2D eigenvalue weighted by Crippen LogP contribution is 2.39. The standard InChI is InChI=1S/C17H34N2/c1-3-12-18-14-17(10-5-6-11-17)15-19(4-2)13-16-8-7-9-16/h16,18H,3-15H2,1-2H3. The summed E-state index contributed by atoms with van der Waals surface area (Å²) in [4.78, 5) is 2.75. The van der Waals surface area contributed by atoms with E-state index in [0.717, 1.165) is 5.92 Å². The quantitative estimate of drug-likeness (QED) is 0.641. The second kappa shape index (κ2) is 7.64. The Morgan fingerprint density at radius 1 is 1.11 bits per heavy atom. The van der Waals surface area contributed by atoms with Crippen molar-refractivity contribution in [3.8, 4) is 0 Å². The molecule has 19 heavy (non-hydrogen) atoms. The maximum atomic E-state index is 3.70. The fourth-order valence-electron chi connectivity index (χ4n) is 3.87. The van der Waals surface area contributed by atoms with Gasteiger partial charge in [0.05, 0.1) is 0 Å². The summed E-state index contributed by atoms with van der Waals surface area (Å²) >= 11 is 0. The molecule has 0 heterocycles. The average Bonchev–Trinajstić information content (AvgIpc) is 2.81. The van der Waals surface area contributed by atoms with E-state index in [2.05, 4.69) is 24.1 Å². The lowest BCUT2D eigenvalue weighted by Crippen LogP contribution is -2.44. The topological polar surface area (TPSA) is 15.3 Å². The van der Waals surface area contributed by atoms with Crippen LogP contribution in [0.5, 0.6) is 0 Å². The molecule has 2 aliphatic carbocycles. The lowest BCUT2D eigenvalue weighted by Gasteiger charge is -2.38. The molecule has 0 spiro atoms. The largest absolute Gasteiger partial charge is 0.316 e. The van der Waals surface area contributed by atoms with Gasteiger partial charge in [0.2, 0.25) is 0 Å². The van der Waals surface area contributed by atoms with Crippen LogP contribution in [0.25, 0.3) is 0 Å². The molecule has 0 aromatic rings. The van der Waals surface area contributed by atoms with Crippen molar-refractivity contribution in [2.24, 2.45) is 11.3 Å². The molecule has 0 unspecified atom stereocenters. The molecule has 2 rings (SSSR count). The Hall–Kier alpha value is -0.0800. The molecule has 2 nitrogen and oxygen atoms in total. The van der Waals surface area contributed by atoms with Crippen molar-refractivity contribution in [2.45, 2.75) is 65.2 Å². The molecule has 2 saturated carbocycles. The third-order valence-corrected chi connectivity index (χ3v) is 5.34. The van der Waals surface area contributed by atoms with Gasteiger partial charge in [-0.1, -0.05) is 33.1 Å². The fourth-order valence-corrected chi connectivity index (χ4v) is 3.87. The molecular weight excluding hydrogens is 232 g/mol. The number of nitrogens with one attached hydrogen (secondary N) is 1. The minimum Gasteiger partial charge on any atom is -0.316 e. The molecule has 0 amide bonds. The van der Waals surface area contributed by atoms with E-state index >= 15 is 0 Å². The number of rotatable bonds is 9. The molecule has 2 heteroatoms. The van der Waals surface area contributed by atoms with Crippen molar-refractivity contribution < 1.29 is 0 Å². The first-order valence-electron chi connectivity index (χ1n) is 8.71. The molecule has 1 N–H and O–H groups in total. The van der Waals surface area contributed by atoms with Crippen molar-refractivity contribution in [1.82, 2.24) is 10.2 Å². The van der Waals surface area contributed by atoms with Crippen LogP contribution in [-0.4, -0.2) is 37.6 Å². The highest BCUT2D eigenvalue weighted by atomic mass is 15.1. The summed E-state index contributed by atoms with van der Waals surface area (Å²) in [5.41, 5.74) is 0.592. The molecule has 112 valence electrons. The monoisotopic (exact) mass is 266 g/mol. The SMILES string of the molecule is CCCNCC1(CN(CC)CC2CCC2)CCCC1. The van der Waals surface area contributed by atoms with Crippen LogP contribution in [0.15, 0.2) is 0 Å². The Bertz CT molecular complexity index is 242. The molecule has 0 aromatic heterocycles. The predicted octanol–water partition coefficient (Wildman–Crippen LogP) is 3.67. The van der Waals surface area contributed by atoms with Crippen LogP contribution in [0.2, 0.25) is 0 Å². The Balaban J connectivity index is 1.82. The molecule has 2 fully saturated rings. The molecule has 0 atom stereocenters. The summed E-state index contributed by atoms with van der Waals surface area (Å²) in [5, 5.41) is 3.70. The maximum Gasteiger partial charge on any atom is 0.00501 e. The van der Waals surface area contributed by atoms with Gasteiger partial charge in [-0.05, 0) is 56.5 Å². The molecule has 0 aromatic carbocycles. The van der Waals surface area contributed by atoms with Gasteiger partial charge in [-0.3, -0.25) is 0 Å². The molecular formula is C17H34N2. The van der Waals surface area contributed by atoms with Crippen LogP contribution >= 0.6 is 0 Å². The highest BCUT2D eigenvalue weighted by Gasteiger charge is 2.35. The third-order valence-electron chi connectivity index (χ3n) is 5.34. The van der Waals surface area contributed by atoms with Gasteiger partial charge in [0.1, 0.15) is 0 Å². The van der Waals surface area contributed by atoms with Crippen molar-refractivity contribution in [2.75, 3.05) is 32.7 Å². The minimum absolute atomic E-state index is 0.592. The second-order valence-corrected chi connectivity index (χ2v) is 7.01. The van der Waals surface area contributed by atoms with E-state index in [1.54, 1.807) is 0 Å². The first kappa shape index (κ1) is 15.3. The normalized spacial score (nSPS) is 22.9.